The topological polar surface area (TPSA) is 32.3 Å². The van der Waals surface area contributed by atoms with Crippen LogP contribution in [0.4, 0.5) is 0 Å². The second-order valence-electron chi connectivity index (χ2n) is 6.16. The van der Waals surface area contributed by atoms with E-state index in [1.807, 2.05) is 37.1 Å². The summed E-state index contributed by atoms with van der Waals surface area (Å²) in [5.74, 6) is 0.0492. The van der Waals surface area contributed by atoms with E-state index in [9.17, 15) is 4.79 Å². The number of carbonyl (C=O) groups excluding carboxylic acids is 1. The van der Waals surface area contributed by atoms with Crippen molar-refractivity contribution in [2.24, 2.45) is 0 Å². The van der Waals surface area contributed by atoms with Gasteiger partial charge in [0.05, 0.1) is 12.6 Å². The Kier molecular flexibility index (Phi) is 5.28. The van der Waals surface area contributed by atoms with Gasteiger partial charge in [0.1, 0.15) is 0 Å². The molecule has 0 aliphatic carbocycles. The van der Waals surface area contributed by atoms with Gasteiger partial charge >= 0.3 is 0 Å². The van der Waals surface area contributed by atoms with Crippen LogP contribution in [0.15, 0.2) is 59.3 Å². The number of benzene rings is 2. The largest absolute Gasteiger partial charge is 0.348 e. The molecule has 0 saturated heterocycles. The molecule has 3 aromatic rings. The van der Waals surface area contributed by atoms with E-state index >= 15 is 0 Å². The molecule has 1 heterocycles. The molecule has 0 aliphatic heterocycles. The summed E-state index contributed by atoms with van der Waals surface area (Å²) < 4.78 is 0. The lowest BCUT2D eigenvalue weighted by Gasteiger charge is -2.20. The molecule has 0 fully saturated rings. The monoisotopic (exact) mass is 338 g/mol. The van der Waals surface area contributed by atoms with E-state index in [1.54, 1.807) is 11.3 Å². The third-order valence-electron chi connectivity index (χ3n) is 4.11. The molecule has 3 rings (SSSR count). The van der Waals surface area contributed by atoms with Crippen molar-refractivity contribution in [3.05, 3.63) is 70.4 Å². The quantitative estimate of drug-likeness (QED) is 0.730. The van der Waals surface area contributed by atoms with Crippen LogP contribution in [0.1, 0.15) is 24.1 Å². The Labute approximate surface area is 146 Å². The molecule has 1 atom stereocenters. The molecule has 0 saturated carbocycles. The summed E-state index contributed by atoms with van der Waals surface area (Å²) >= 11 is 1.68. The Balaban J connectivity index is 1.63. The molecule has 0 bridgehead atoms. The second-order valence-corrected chi connectivity index (χ2v) is 6.94. The van der Waals surface area contributed by atoms with E-state index in [1.165, 1.54) is 16.3 Å². The highest BCUT2D eigenvalue weighted by atomic mass is 32.1. The molecule has 0 aliphatic rings. The summed E-state index contributed by atoms with van der Waals surface area (Å²) in [5.41, 5.74) is 2.40. The molecule has 0 spiro atoms. The van der Waals surface area contributed by atoms with E-state index in [2.05, 4.69) is 46.4 Å². The number of fused-ring (bicyclic) bond motifs is 1. The summed E-state index contributed by atoms with van der Waals surface area (Å²) in [7, 11) is 1.97. The Hall–Kier alpha value is -2.17. The number of likely N-dealkylation sites (N-methyl/N-ethyl adjacent to an activating group) is 1. The number of carbonyl (C=O) groups is 1. The molecule has 1 aromatic heterocycles. The molecule has 1 N–H and O–H groups in total. The summed E-state index contributed by atoms with van der Waals surface area (Å²) in [6.07, 6.45) is 0. The Bertz CT molecular complexity index is 808. The predicted molar refractivity (Wildman–Crippen MR) is 101 cm³/mol. The molecule has 2 aromatic carbocycles. The number of hydrogen-bond acceptors (Lipinski definition) is 3. The van der Waals surface area contributed by atoms with Crippen LogP contribution in [0.5, 0.6) is 0 Å². The highest BCUT2D eigenvalue weighted by Gasteiger charge is 2.13. The highest BCUT2D eigenvalue weighted by molar-refractivity contribution is 7.07. The lowest BCUT2D eigenvalue weighted by Crippen LogP contribution is -2.36. The average molecular weight is 338 g/mol. The molecule has 124 valence electrons. The zero-order chi connectivity index (χ0) is 16.9. The van der Waals surface area contributed by atoms with E-state index in [0.29, 0.717) is 6.54 Å². The highest BCUT2D eigenvalue weighted by Crippen LogP contribution is 2.23. The Morgan fingerprint density at radius 2 is 1.96 bits per heavy atom. The molecule has 3 nitrogen and oxygen atoms in total. The second kappa shape index (κ2) is 7.60. The van der Waals surface area contributed by atoms with Gasteiger partial charge in [0.25, 0.3) is 0 Å². The van der Waals surface area contributed by atoms with Gasteiger partial charge in [-0.25, -0.2) is 0 Å². The first-order valence-corrected chi connectivity index (χ1v) is 9.04. The first-order valence-electron chi connectivity index (χ1n) is 8.10. The van der Waals surface area contributed by atoms with Gasteiger partial charge in [0, 0.05) is 6.54 Å². The third-order valence-corrected chi connectivity index (χ3v) is 4.85. The minimum atomic E-state index is -0.0156. The SMILES string of the molecule is C[C@H](NC(=O)CN(C)Cc1ccsc1)c1cccc2ccccc12. The number of amides is 1. The first-order chi connectivity index (χ1) is 11.6. The van der Waals surface area contributed by atoms with Gasteiger partial charge in [-0.3, -0.25) is 9.69 Å². The Morgan fingerprint density at radius 1 is 1.17 bits per heavy atom. The molecular formula is C20H22N2OS. The fourth-order valence-corrected chi connectivity index (χ4v) is 3.65. The van der Waals surface area contributed by atoms with Gasteiger partial charge in [0.15, 0.2) is 0 Å². The smallest absolute Gasteiger partial charge is 0.234 e. The van der Waals surface area contributed by atoms with Crippen molar-refractivity contribution in [1.29, 1.82) is 0 Å². The maximum Gasteiger partial charge on any atom is 0.234 e. The fraction of sp³-hybridized carbons (Fsp3) is 0.250. The molecule has 0 radical (unpaired) electrons. The summed E-state index contributed by atoms with van der Waals surface area (Å²) in [6, 6.07) is 16.6. The number of hydrogen-bond donors (Lipinski definition) is 1. The van der Waals surface area contributed by atoms with E-state index < -0.39 is 0 Å². The summed E-state index contributed by atoms with van der Waals surface area (Å²) in [4.78, 5) is 14.4. The molecule has 1 amide bonds. The third kappa shape index (κ3) is 4.02. The minimum Gasteiger partial charge on any atom is -0.348 e. The van der Waals surface area contributed by atoms with E-state index in [0.717, 1.165) is 12.1 Å². The van der Waals surface area contributed by atoms with Crippen LogP contribution < -0.4 is 5.32 Å². The van der Waals surface area contributed by atoms with Gasteiger partial charge in [-0.1, -0.05) is 42.5 Å². The van der Waals surface area contributed by atoms with Crippen LogP contribution in [-0.2, 0) is 11.3 Å². The van der Waals surface area contributed by atoms with Gasteiger partial charge in [-0.05, 0) is 52.7 Å². The van der Waals surface area contributed by atoms with E-state index in [-0.39, 0.29) is 11.9 Å². The maximum absolute atomic E-state index is 12.4. The summed E-state index contributed by atoms with van der Waals surface area (Å²) in [5, 5.41) is 9.69. The lowest BCUT2D eigenvalue weighted by atomic mass is 10.00. The zero-order valence-corrected chi connectivity index (χ0v) is 14.8. The zero-order valence-electron chi connectivity index (χ0n) is 14.0. The Morgan fingerprint density at radius 3 is 2.75 bits per heavy atom. The van der Waals surface area contributed by atoms with Gasteiger partial charge in [0.2, 0.25) is 5.91 Å². The van der Waals surface area contributed by atoms with Crippen LogP contribution in [0, 0.1) is 0 Å². The number of nitrogens with zero attached hydrogens (tertiary/aromatic N) is 1. The van der Waals surface area contributed by atoms with Crippen LogP contribution >= 0.6 is 11.3 Å². The summed E-state index contributed by atoms with van der Waals surface area (Å²) in [6.45, 7) is 3.23. The maximum atomic E-state index is 12.4. The van der Waals surface area contributed by atoms with Crippen LogP contribution in [0.25, 0.3) is 10.8 Å². The van der Waals surface area contributed by atoms with Crippen LogP contribution in [-0.4, -0.2) is 24.4 Å². The number of thiophene rings is 1. The molecular weight excluding hydrogens is 316 g/mol. The molecule has 4 heteroatoms. The van der Waals surface area contributed by atoms with Crippen LogP contribution in [0.2, 0.25) is 0 Å². The van der Waals surface area contributed by atoms with Gasteiger partial charge < -0.3 is 5.32 Å². The van der Waals surface area contributed by atoms with Gasteiger partial charge in [-0.15, -0.1) is 0 Å². The average Bonchev–Trinajstić information content (AvgIpc) is 3.06. The standard InChI is InChI=1S/C20H22N2OS/c1-15(18-9-5-7-17-6-3-4-8-19(17)18)21-20(23)13-22(2)12-16-10-11-24-14-16/h3-11,14-15H,12-13H2,1-2H3,(H,21,23)/t15-/m0/s1. The van der Waals surface area contributed by atoms with Crippen molar-refractivity contribution in [1.82, 2.24) is 10.2 Å². The van der Waals surface area contributed by atoms with Crippen molar-refractivity contribution in [2.75, 3.05) is 13.6 Å². The van der Waals surface area contributed by atoms with Crippen molar-refractivity contribution in [3.63, 3.8) is 0 Å². The fourth-order valence-electron chi connectivity index (χ4n) is 2.99. The van der Waals surface area contributed by atoms with E-state index in [4.69, 9.17) is 0 Å². The predicted octanol–water partition coefficient (Wildman–Crippen LogP) is 4.21. The van der Waals surface area contributed by atoms with Gasteiger partial charge in [-0.2, -0.15) is 11.3 Å². The van der Waals surface area contributed by atoms with Crippen molar-refractivity contribution in [3.8, 4) is 0 Å². The first kappa shape index (κ1) is 16.7. The minimum absolute atomic E-state index is 0.0156. The lowest BCUT2D eigenvalue weighted by molar-refractivity contribution is -0.122. The molecule has 24 heavy (non-hydrogen) atoms. The van der Waals surface area contributed by atoms with Crippen molar-refractivity contribution < 1.29 is 4.79 Å². The molecule has 0 unspecified atom stereocenters. The van der Waals surface area contributed by atoms with Crippen molar-refractivity contribution >= 4 is 28.0 Å². The normalized spacial score (nSPS) is 12.5. The van der Waals surface area contributed by atoms with Crippen LogP contribution in [0.3, 0.4) is 0 Å². The number of nitrogens with one attached hydrogen (secondary N) is 1. The van der Waals surface area contributed by atoms with Crippen molar-refractivity contribution in [2.45, 2.75) is 19.5 Å². The number of rotatable bonds is 6.